The van der Waals surface area contributed by atoms with Crippen molar-refractivity contribution in [2.75, 3.05) is 52.5 Å². The van der Waals surface area contributed by atoms with Crippen molar-refractivity contribution in [2.24, 2.45) is 10.8 Å². The molecule has 0 radical (unpaired) electrons. The molecule has 1 aromatic carbocycles. The highest BCUT2D eigenvalue weighted by atomic mass is 16.5. The Morgan fingerprint density at radius 3 is 2.28 bits per heavy atom. The molecule has 3 aliphatic rings. The van der Waals surface area contributed by atoms with Gasteiger partial charge < -0.3 is 24.6 Å². The number of nitrogens with zero attached hydrogens (tertiary/aromatic N) is 4. The maximum absolute atomic E-state index is 13.1. The number of hydrogen-bond acceptors (Lipinski definition) is 7. The van der Waals surface area contributed by atoms with Gasteiger partial charge in [0.25, 0.3) is 11.8 Å². The average Bonchev–Trinajstić information content (AvgIpc) is 3.27. The largest absolute Gasteiger partial charge is 0.462 e. The van der Waals surface area contributed by atoms with Crippen molar-refractivity contribution >= 4 is 23.7 Å². The van der Waals surface area contributed by atoms with Gasteiger partial charge in [-0.3, -0.25) is 19.1 Å². The minimum absolute atomic E-state index is 0.0133. The Balaban J connectivity index is 1.22. The standard InChI is InChI=1S/C32H43N5O6/c1-5-37-27-25(18-32(20-33-28(27)39)10-16-42-17-11-32)26(34-37)19-31(3,4)21-43-30(41)24-8-6-23(7-9-24)29(40)36-14-12-35(13-15-36)22(2)38/h6-9H,5,10-21H2,1-4H3,(H,33,39). The molecular formula is C32H43N5O6. The molecule has 3 amide bonds. The molecule has 11 heteroatoms. The summed E-state index contributed by atoms with van der Waals surface area (Å²) >= 11 is 0. The summed E-state index contributed by atoms with van der Waals surface area (Å²) in [4.78, 5) is 54.0. The van der Waals surface area contributed by atoms with Gasteiger partial charge in [-0.2, -0.15) is 5.10 Å². The highest BCUT2D eigenvalue weighted by Gasteiger charge is 2.40. The number of carbonyl (C=O) groups is 4. The Morgan fingerprint density at radius 1 is 1.02 bits per heavy atom. The van der Waals surface area contributed by atoms with Gasteiger partial charge in [0.2, 0.25) is 5.91 Å². The Hall–Kier alpha value is -3.73. The van der Waals surface area contributed by atoms with Crippen molar-refractivity contribution in [1.82, 2.24) is 24.9 Å². The lowest BCUT2D eigenvalue weighted by Gasteiger charge is -2.36. The molecule has 0 bridgehead atoms. The number of ether oxygens (including phenoxy) is 2. The maximum Gasteiger partial charge on any atom is 0.338 e. The molecule has 43 heavy (non-hydrogen) atoms. The summed E-state index contributed by atoms with van der Waals surface area (Å²) in [7, 11) is 0. The van der Waals surface area contributed by atoms with Crippen molar-refractivity contribution in [3.05, 3.63) is 52.3 Å². The molecule has 0 atom stereocenters. The van der Waals surface area contributed by atoms with Crippen LogP contribution in [0.5, 0.6) is 0 Å². The molecule has 232 valence electrons. The van der Waals surface area contributed by atoms with Crippen LogP contribution in [0.4, 0.5) is 0 Å². The van der Waals surface area contributed by atoms with Gasteiger partial charge in [-0.1, -0.05) is 13.8 Å². The minimum atomic E-state index is -0.458. The van der Waals surface area contributed by atoms with Crippen LogP contribution in [-0.2, 0) is 33.7 Å². The Morgan fingerprint density at radius 2 is 1.65 bits per heavy atom. The molecule has 0 saturated carbocycles. The van der Waals surface area contributed by atoms with E-state index in [0.717, 1.165) is 30.5 Å². The van der Waals surface area contributed by atoms with E-state index in [4.69, 9.17) is 14.6 Å². The average molecular weight is 594 g/mol. The fourth-order valence-electron chi connectivity index (χ4n) is 6.31. The lowest BCUT2D eigenvalue weighted by Crippen LogP contribution is -2.50. The predicted octanol–water partition coefficient (Wildman–Crippen LogP) is 2.72. The van der Waals surface area contributed by atoms with Crippen LogP contribution in [0.2, 0.25) is 0 Å². The number of hydrogen-bond donors (Lipinski definition) is 1. The molecule has 1 aromatic heterocycles. The van der Waals surface area contributed by atoms with Gasteiger partial charge in [-0.25, -0.2) is 4.79 Å². The van der Waals surface area contributed by atoms with E-state index in [1.54, 1.807) is 38.7 Å². The predicted molar refractivity (Wildman–Crippen MR) is 159 cm³/mol. The van der Waals surface area contributed by atoms with E-state index < -0.39 is 11.4 Å². The molecule has 3 aliphatic heterocycles. The second-order valence-corrected chi connectivity index (χ2v) is 12.9. The second kappa shape index (κ2) is 12.5. The van der Waals surface area contributed by atoms with Gasteiger partial charge in [0.15, 0.2) is 0 Å². The number of fused-ring (bicyclic) bond motifs is 1. The summed E-state index contributed by atoms with van der Waals surface area (Å²) in [5.41, 5.74) is 2.92. The number of esters is 1. The van der Waals surface area contributed by atoms with Gasteiger partial charge in [0, 0.05) is 82.4 Å². The summed E-state index contributed by atoms with van der Waals surface area (Å²) in [6.45, 7) is 12.4. The zero-order valence-corrected chi connectivity index (χ0v) is 25.7. The highest BCUT2D eigenvalue weighted by Crippen LogP contribution is 2.39. The van der Waals surface area contributed by atoms with E-state index in [9.17, 15) is 19.2 Å². The molecule has 4 heterocycles. The van der Waals surface area contributed by atoms with Crippen LogP contribution in [0.15, 0.2) is 24.3 Å². The van der Waals surface area contributed by atoms with Gasteiger partial charge in [0.05, 0.1) is 17.9 Å². The molecular weight excluding hydrogens is 550 g/mol. The Bertz CT molecular complexity index is 1370. The molecule has 2 aromatic rings. The van der Waals surface area contributed by atoms with Crippen LogP contribution >= 0.6 is 0 Å². The normalized spacial score (nSPS) is 18.6. The summed E-state index contributed by atoms with van der Waals surface area (Å²) < 4.78 is 13.2. The lowest BCUT2D eigenvalue weighted by molar-refractivity contribution is -0.130. The Kier molecular flexibility index (Phi) is 8.91. The van der Waals surface area contributed by atoms with Crippen molar-refractivity contribution in [1.29, 1.82) is 0 Å². The summed E-state index contributed by atoms with van der Waals surface area (Å²) in [6, 6.07) is 6.52. The Labute approximate surface area is 252 Å². The smallest absolute Gasteiger partial charge is 0.338 e. The zero-order valence-electron chi connectivity index (χ0n) is 25.7. The molecule has 2 fully saturated rings. The third-order valence-corrected chi connectivity index (χ3v) is 9.00. The first-order chi connectivity index (χ1) is 20.5. The van der Waals surface area contributed by atoms with Gasteiger partial charge in [-0.15, -0.1) is 0 Å². The fourth-order valence-corrected chi connectivity index (χ4v) is 6.31. The topological polar surface area (TPSA) is 123 Å². The van der Waals surface area contributed by atoms with Crippen LogP contribution in [-0.4, -0.2) is 95.8 Å². The van der Waals surface area contributed by atoms with Gasteiger partial charge in [0.1, 0.15) is 5.69 Å². The van der Waals surface area contributed by atoms with Crippen LogP contribution in [0.1, 0.15) is 83.0 Å². The molecule has 11 nitrogen and oxygen atoms in total. The summed E-state index contributed by atoms with van der Waals surface area (Å²) in [5, 5.41) is 8.00. The molecule has 0 unspecified atom stereocenters. The van der Waals surface area contributed by atoms with Crippen molar-refractivity contribution in [2.45, 2.75) is 59.9 Å². The first-order valence-electron chi connectivity index (χ1n) is 15.3. The van der Waals surface area contributed by atoms with Crippen LogP contribution in [0.3, 0.4) is 0 Å². The first kappa shape index (κ1) is 30.7. The fraction of sp³-hybridized carbons (Fsp3) is 0.594. The number of benzene rings is 1. The van der Waals surface area contributed by atoms with E-state index in [1.807, 2.05) is 20.8 Å². The molecule has 2 saturated heterocycles. The number of nitrogens with one attached hydrogen (secondary N) is 1. The van der Waals surface area contributed by atoms with E-state index in [-0.39, 0.29) is 29.7 Å². The lowest BCUT2D eigenvalue weighted by atomic mass is 9.74. The number of aryl methyl sites for hydroxylation is 1. The second-order valence-electron chi connectivity index (χ2n) is 12.9. The third kappa shape index (κ3) is 6.76. The monoisotopic (exact) mass is 593 g/mol. The molecule has 1 spiro atoms. The van der Waals surface area contributed by atoms with E-state index >= 15 is 0 Å². The van der Waals surface area contributed by atoms with E-state index in [1.165, 1.54) is 6.92 Å². The molecule has 5 rings (SSSR count). The molecule has 0 aliphatic carbocycles. The zero-order chi connectivity index (χ0) is 30.8. The minimum Gasteiger partial charge on any atom is -0.462 e. The van der Waals surface area contributed by atoms with Crippen molar-refractivity contribution < 1.29 is 28.7 Å². The number of carbonyl (C=O) groups excluding carboxylic acids is 4. The summed E-state index contributed by atoms with van der Waals surface area (Å²) in [5.74, 6) is -0.644. The number of aromatic nitrogens is 2. The van der Waals surface area contributed by atoms with Crippen molar-refractivity contribution in [3.63, 3.8) is 0 Å². The van der Waals surface area contributed by atoms with E-state index in [0.29, 0.717) is 75.7 Å². The van der Waals surface area contributed by atoms with Crippen LogP contribution < -0.4 is 5.32 Å². The number of rotatable bonds is 7. The third-order valence-electron chi connectivity index (χ3n) is 9.00. The number of amides is 3. The maximum atomic E-state index is 13.1. The van der Waals surface area contributed by atoms with Gasteiger partial charge >= 0.3 is 5.97 Å². The van der Waals surface area contributed by atoms with Gasteiger partial charge in [-0.05, 0) is 55.9 Å². The van der Waals surface area contributed by atoms with E-state index in [2.05, 4.69) is 5.32 Å². The summed E-state index contributed by atoms with van der Waals surface area (Å²) in [6.07, 6.45) is 3.11. The first-order valence-corrected chi connectivity index (χ1v) is 15.3. The molecule has 1 N–H and O–H groups in total. The number of piperazine rings is 1. The SMILES string of the molecule is CCn1nc(CC(C)(C)COC(=O)c2ccc(C(=O)N3CCN(C(C)=O)CC3)cc2)c2c1C(=O)NCC1(CCOCC1)C2. The quantitative estimate of drug-likeness (QED) is 0.490. The highest BCUT2D eigenvalue weighted by molar-refractivity contribution is 5.96. The van der Waals surface area contributed by atoms with Crippen LogP contribution in [0, 0.1) is 10.8 Å². The van der Waals surface area contributed by atoms with Crippen LogP contribution in [0.25, 0.3) is 0 Å². The van der Waals surface area contributed by atoms with Crippen molar-refractivity contribution in [3.8, 4) is 0 Å².